The van der Waals surface area contributed by atoms with E-state index < -0.39 is 5.82 Å². The lowest BCUT2D eigenvalue weighted by atomic mass is 10.2. The highest BCUT2D eigenvalue weighted by Crippen LogP contribution is 2.22. The summed E-state index contributed by atoms with van der Waals surface area (Å²) >= 11 is 0. The van der Waals surface area contributed by atoms with Crippen LogP contribution in [0.15, 0.2) is 97.8 Å². The van der Waals surface area contributed by atoms with Crippen LogP contribution in [0.25, 0.3) is 22.8 Å². The van der Waals surface area contributed by atoms with Crippen LogP contribution >= 0.6 is 0 Å². The molecule has 6 aromatic rings. The molecule has 0 unspecified atom stereocenters. The van der Waals surface area contributed by atoms with Gasteiger partial charge in [-0.05, 0) is 55.5 Å². The van der Waals surface area contributed by atoms with E-state index in [0.717, 1.165) is 34.5 Å². The van der Waals surface area contributed by atoms with E-state index in [-0.39, 0.29) is 5.69 Å². The summed E-state index contributed by atoms with van der Waals surface area (Å²) in [5.41, 5.74) is 4.44. The van der Waals surface area contributed by atoms with E-state index in [1.54, 1.807) is 23.3 Å². The number of nitrogens with one attached hydrogen (secondary N) is 2. The number of rotatable bonds is 7. The van der Waals surface area contributed by atoms with Crippen molar-refractivity contribution in [2.75, 3.05) is 10.6 Å². The molecule has 186 valence electrons. The Balaban J connectivity index is 1.17. The second-order valence-electron chi connectivity index (χ2n) is 8.40. The van der Waals surface area contributed by atoms with Gasteiger partial charge in [0.15, 0.2) is 11.6 Å². The number of aryl methyl sites for hydroxylation is 1. The van der Waals surface area contributed by atoms with Crippen molar-refractivity contribution in [2.45, 2.75) is 6.92 Å². The molecule has 0 atom stereocenters. The summed E-state index contributed by atoms with van der Waals surface area (Å²) in [7, 11) is 0. The second kappa shape index (κ2) is 9.90. The average molecular weight is 505 g/mol. The third kappa shape index (κ3) is 4.93. The predicted molar refractivity (Wildman–Crippen MR) is 141 cm³/mol. The fourth-order valence-electron chi connectivity index (χ4n) is 3.72. The quantitative estimate of drug-likeness (QED) is 0.304. The Morgan fingerprint density at radius 1 is 0.711 bits per heavy atom. The molecule has 0 fully saturated rings. The third-order valence-electron chi connectivity index (χ3n) is 5.67. The number of hydrogen-bond donors (Lipinski definition) is 2. The van der Waals surface area contributed by atoms with Crippen molar-refractivity contribution in [1.82, 2.24) is 39.5 Å². The van der Waals surface area contributed by atoms with E-state index in [2.05, 4.69) is 40.8 Å². The highest BCUT2D eigenvalue weighted by atomic mass is 19.1. The molecule has 2 N–H and O–H groups in total. The first-order chi connectivity index (χ1) is 18.6. The molecule has 38 heavy (non-hydrogen) atoms. The first-order valence-electron chi connectivity index (χ1n) is 11.7. The van der Waals surface area contributed by atoms with Crippen molar-refractivity contribution < 1.29 is 4.39 Å². The van der Waals surface area contributed by atoms with Gasteiger partial charge in [0.2, 0.25) is 5.95 Å². The fraction of sp³-hybridized carbons (Fsp3) is 0.0370. The first-order valence-corrected chi connectivity index (χ1v) is 11.7. The molecule has 0 aliphatic rings. The van der Waals surface area contributed by atoms with E-state index in [0.29, 0.717) is 17.6 Å². The largest absolute Gasteiger partial charge is 0.340 e. The molecular formula is C27H21FN10. The van der Waals surface area contributed by atoms with Gasteiger partial charge in [0.1, 0.15) is 24.2 Å². The summed E-state index contributed by atoms with van der Waals surface area (Å²) in [5, 5.41) is 15.2. The summed E-state index contributed by atoms with van der Waals surface area (Å²) in [5.74, 6) is 0.885. The molecule has 0 amide bonds. The van der Waals surface area contributed by atoms with Crippen LogP contribution in [0.1, 0.15) is 5.69 Å². The molecule has 0 saturated carbocycles. The molecular weight excluding hydrogens is 483 g/mol. The SMILES string of the molecule is Cc1ccc(-c2ncn(-c3ccc(Nc4cc(-n5cnc(Nc6ccccc6)n5)c(F)cn4)cc3)n2)cn1. The van der Waals surface area contributed by atoms with E-state index in [1.165, 1.54) is 11.0 Å². The number of nitrogens with zero attached hydrogens (tertiary/aromatic N) is 8. The maximum atomic E-state index is 14.6. The van der Waals surface area contributed by atoms with Crippen molar-refractivity contribution in [2.24, 2.45) is 0 Å². The van der Waals surface area contributed by atoms with Gasteiger partial charge in [-0.15, -0.1) is 10.2 Å². The van der Waals surface area contributed by atoms with Crippen molar-refractivity contribution >= 4 is 23.1 Å². The summed E-state index contributed by atoms with van der Waals surface area (Å²) in [4.78, 5) is 17.1. The van der Waals surface area contributed by atoms with Crippen LogP contribution in [0.2, 0.25) is 0 Å². The monoisotopic (exact) mass is 504 g/mol. The summed E-state index contributed by atoms with van der Waals surface area (Å²) < 4.78 is 17.7. The van der Waals surface area contributed by atoms with Gasteiger partial charge in [-0.3, -0.25) is 4.98 Å². The van der Waals surface area contributed by atoms with Crippen LogP contribution in [0, 0.1) is 12.7 Å². The zero-order chi connectivity index (χ0) is 25.9. The third-order valence-corrected chi connectivity index (χ3v) is 5.67. The standard InChI is InChI=1S/C27H21FN10/c1-18-7-8-19(14-29-18)26-31-16-37(35-26)22-11-9-21(10-12-22)33-25-13-24(23(28)15-30-25)38-17-32-27(36-38)34-20-5-3-2-4-6-20/h2-17H,1H3,(H,30,33)(H,34,36). The van der Waals surface area contributed by atoms with Gasteiger partial charge in [-0.2, -0.15) is 4.98 Å². The molecule has 0 spiro atoms. The van der Waals surface area contributed by atoms with Gasteiger partial charge >= 0.3 is 0 Å². The molecule has 10 nitrogen and oxygen atoms in total. The van der Waals surface area contributed by atoms with E-state index in [9.17, 15) is 4.39 Å². The molecule has 0 aliphatic heterocycles. The van der Waals surface area contributed by atoms with Crippen molar-refractivity contribution in [3.05, 3.63) is 109 Å². The maximum absolute atomic E-state index is 14.6. The molecule has 6 rings (SSSR count). The zero-order valence-electron chi connectivity index (χ0n) is 20.2. The number of hydrogen-bond acceptors (Lipinski definition) is 8. The van der Waals surface area contributed by atoms with Crippen molar-refractivity contribution in [1.29, 1.82) is 0 Å². The van der Waals surface area contributed by atoms with Gasteiger partial charge in [-0.1, -0.05) is 18.2 Å². The molecule has 11 heteroatoms. The Bertz CT molecular complexity index is 1680. The Morgan fingerprint density at radius 3 is 2.29 bits per heavy atom. The molecule has 0 bridgehead atoms. The molecule has 2 aromatic carbocycles. The van der Waals surface area contributed by atoms with Crippen LogP contribution in [0.5, 0.6) is 0 Å². The molecule has 4 heterocycles. The second-order valence-corrected chi connectivity index (χ2v) is 8.40. The van der Waals surface area contributed by atoms with E-state index in [1.807, 2.05) is 73.7 Å². The summed E-state index contributed by atoms with van der Waals surface area (Å²) in [6.45, 7) is 1.93. The Morgan fingerprint density at radius 2 is 1.50 bits per heavy atom. The van der Waals surface area contributed by atoms with Crippen LogP contribution in [0.4, 0.5) is 27.5 Å². The number of aromatic nitrogens is 8. The Hall–Kier alpha value is -5.45. The fourth-order valence-corrected chi connectivity index (χ4v) is 3.72. The minimum absolute atomic E-state index is 0.216. The van der Waals surface area contributed by atoms with Crippen molar-refractivity contribution in [3.8, 4) is 22.8 Å². The van der Waals surface area contributed by atoms with Crippen LogP contribution < -0.4 is 10.6 Å². The minimum Gasteiger partial charge on any atom is -0.340 e. The topological polar surface area (TPSA) is 111 Å². The van der Waals surface area contributed by atoms with Crippen LogP contribution in [-0.4, -0.2) is 39.5 Å². The lowest BCUT2D eigenvalue weighted by Gasteiger charge is -2.09. The average Bonchev–Trinajstić information content (AvgIpc) is 3.62. The lowest BCUT2D eigenvalue weighted by molar-refractivity contribution is 0.605. The summed E-state index contributed by atoms with van der Waals surface area (Å²) in [6, 6.07) is 22.5. The highest BCUT2D eigenvalue weighted by Gasteiger charge is 2.11. The van der Waals surface area contributed by atoms with Crippen LogP contribution in [0.3, 0.4) is 0 Å². The smallest absolute Gasteiger partial charge is 0.246 e. The number of anilines is 4. The number of halogens is 1. The van der Waals surface area contributed by atoms with Gasteiger partial charge in [-0.25, -0.2) is 23.7 Å². The van der Waals surface area contributed by atoms with Gasteiger partial charge in [0.05, 0.1) is 11.9 Å². The molecule has 0 aliphatic carbocycles. The van der Waals surface area contributed by atoms with Crippen LogP contribution in [-0.2, 0) is 0 Å². The van der Waals surface area contributed by atoms with Gasteiger partial charge in [0, 0.05) is 34.9 Å². The number of benzene rings is 2. The Kier molecular flexibility index (Phi) is 5.98. The Labute approximate surface area is 216 Å². The zero-order valence-corrected chi connectivity index (χ0v) is 20.2. The van der Waals surface area contributed by atoms with Gasteiger partial charge < -0.3 is 10.6 Å². The van der Waals surface area contributed by atoms with Gasteiger partial charge in [0.25, 0.3) is 0 Å². The van der Waals surface area contributed by atoms with E-state index >= 15 is 0 Å². The lowest BCUT2D eigenvalue weighted by Crippen LogP contribution is -2.03. The normalized spacial score (nSPS) is 10.9. The van der Waals surface area contributed by atoms with Crippen molar-refractivity contribution in [3.63, 3.8) is 0 Å². The predicted octanol–water partition coefficient (Wildman–Crippen LogP) is 5.24. The maximum Gasteiger partial charge on any atom is 0.246 e. The molecule has 0 saturated heterocycles. The molecule has 4 aromatic heterocycles. The minimum atomic E-state index is -0.521. The first kappa shape index (κ1) is 23.0. The number of pyridine rings is 2. The van der Waals surface area contributed by atoms with E-state index in [4.69, 9.17) is 0 Å². The molecule has 0 radical (unpaired) electrons. The highest BCUT2D eigenvalue weighted by molar-refractivity contribution is 5.60. The summed E-state index contributed by atoms with van der Waals surface area (Å²) in [6.07, 6.45) is 6.01. The number of para-hydroxylation sites is 1.